The number of carbonyl (C=O) groups is 1. The molecule has 134 valence electrons. The van der Waals surface area contributed by atoms with Gasteiger partial charge in [-0.3, -0.25) is 4.79 Å². The predicted molar refractivity (Wildman–Crippen MR) is 107 cm³/mol. The van der Waals surface area contributed by atoms with Crippen molar-refractivity contribution in [2.75, 3.05) is 6.54 Å². The molecule has 0 saturated carbocycles. The highest BCUT2D eigenvalue weighted by Gasteiger charge is 2.32. The Morgan fingerprint density at radius 1 is 1.11 bits per heavy atom. The first-order chi connectivity index (χ1) is 13.3. The lowest BCUT2D eigenvalue weighted by atomic mass is 9.93. The molecule has 0 N–H and O–H groups in total. The van der Waals surface area contributed by atoms with Gasteiger partial charge in [0.25, 0.3) is 0 Å². The Kier molecular flexibility index (Phi) is 4.02. The second kappa shape index (κ2) is 6.67. The molecule has 0 radical (unpaired) electrons. The molecular weight excluding hydrogens is 354 g/mol. The molecule has 5 heteroatoms. The second-order valence-electron chi connectivity index (χ2n) is 6.82. The van der Waals surface area contributed by atoms with Crippen molar-refractivity contribution in [3.63, 3.8) is 0 Å². The smallest absolute Gasteiger partial charge is 0.229 e. The number of hydrogen-bond acceptors (Lipinski definition) is 3. The van der Waals surface area contributed by atoms with Crippen LogP contribution in [-0.4, -0.2) is 26.7 Å². The van der Waals surface area contributed by atoms with Gasteiger partial charge in [-0.25, -0.2) is 4.98 Å². The SMILES string of the molecule is O=C(Cc1cn2ccccc2n1)N1CCc2sccc2[C@H]1c1ccccc1. The monoisotopic (exact) mass is 373 g/mol. The first-order valence-corrected chi connectivity index (χ1v) is 10.0. The third kappa shape index (κ3) is 2.94. The lowest BCUT2D eigenvalue weighted by Crippen LogP contribution is -2.40. The van der Waals surface area contributed by atoms with E-state index in [-0.39, 0.29) is 11.9 Å². The maximum absolute atomic E-state index is 13.2. The minimum Gasteiger partial charge on any atom is -0.331 e. The summed E-state index contributed by atoms with van der Waals surface area (Å²) in [5.74, 6) is 0.129. The van der Waals surface area contributed by atoms with E-state index in [1.807, 2.05) is 58.1 Å². The number of benzene rings is 1. The fourth-order valence-corrected chi connectivity index (χ4v) is 4.81. The highest BCUT2D eigenvalue weighted by Crippen LogP contribution is 2.37. The molecule has 4 nitrogen and oxygen atoms in total. The third-order valence-electron chi connectivity index (χ3n) is 5.15. The molecule has 27 heavy (non-hydrogen) atoms. The minimum atomic E-state index is -0.00858. The zero-order chi connectivity index (χ0) is 18.2. The van der Waals surface area contributed by atoms with Crippen molar-refractivity contribution in [3.8, 4) is 0 Å². The van der Waals surface area contributed by atoms with Crippen LogP contribution in [0.5, 0.6) is 0 Å². The van der Waals surface area contributed by atoms with Crippen LogP contribution in [0.4, 0.5) is 0 Å². The first kappa shape index (κ1) is 16.3. The molecule has 0 fully saturated rings. The van der Waals surface area contributed by atoms with Gasteiger partial charge in [-0.15, -0.1) is 11.3 Å². The van der Waals surface area contributed by atoms with E-state index in [1.54, 1.807) is 11.3 Å². The molecule has 0 aliphatic carbocycles. The standard InChI is InChI=1S/C22H19N3OS/c26-21(14-17-15-24-11-5-4-8-20(24)23-17)25-12-9-19-18(10-13-27-19)22(25)16-6-2-1-3-7-16/h1-8,10-11,13,15,22H,9,12,14H2/t22-/m1/s1. The number of aromatic nitrogens is 2. The number of amides is 1. The summed E-state index contributed by atoms with van der Waals surface area (Å²) in [5, 5.41) is 2.14. The number of hydrogen-bond donors (Lipinski definition) is 0. The summed E-state index contributed by atoms with van der Waals surface area (Å²) in [7, 11) is 0. The van der Waals surface area contributed by atoms with E-state index in [1.165, 1.54) is 16.0 Å². The summed E-state index contributed by atoms with van der Waals surface area (Å²) >= 11 is 1.79. The summed E-state index contributed by atoms with van der Waals surface area (Å²) < 4.78 is 1.96. The van der Waals surface area contributed by atoms with Gasteiger partial charge in [0.2, 0.25) is 5.91 Å². The van der Waals surface area contributed by atoms with Crippen LogP contribution in [0.15, 0.2) is 72.4 Å². The van der Waals surface area contributed by atoms with E-state index in [4.69, 9.17) is 0 Å². The van der Waals surface area contributed by atoms with E-state index < -0.39 is 0 Å². The Labute approximate surface area is 161 Å². The van der Waals surface area contributed by atoms with Crippen LogP contribution in [0.25, 0.3) is 5.65 Å². The molecule has 1 aliphatic rings. The van der Waals surface area contributed by atoms with Crippen LogP contribution < -0.4 is 0 Å². The van der Waals surface area contributed by atoms with Gasteiger partial charge in [-0.1, -0.05) is 36.4 Å². The van der Waals surface area contributed by atoms with E-state index in [0.717, 1.165) is 24.3 Å². The van der Waals surface area contributed by atoms with Gasteiger partial charge in [-0.2, -0.15) is 0 Å². The number of pyridine rings is 1. The van der Waals surface area contributed by atoms with E-state index in [9.17, 15) is 4.79 Å². The maximum Gasteiger partial charge on any atom is 0.229 e. The Bertz CT molecular complexity index is 1070. The van der Waals surface area contributed by atoms with Gasteiger partial charge in [0.05, 0.1) is 18.2 Å². The number of thiophene rings is 1. The van der Waals surface area contributed by atoms with Crippen molar-refractivity contribution in [2.45, 2.75) is 18.9 Å². The number of imidazole rings is 1. The molecule has 4 aromatic rings. The van der Waals surface area contributed by atoms with Crippen LogP contribution in [0.3, 0.4) is 0 Å². The molecule has 1 atom stereocenters. The van der Waals surface area contributed by atoms with Gasteiger partial charge in [0.15, 0.2) is 0 Å². The Morgan fingerprint density at radius 2 is 1.96 bits per heavy atom. The molecule has 0 spiro atoms. The maximum atomic E-state index is 13.2. The number of nitrogens with zero attached hydrogens (tertiary/aromatic N) is 3. The Balaban J connectivity index is 1.48. The normalized spacial score (nSPS) is 16.4. The second-order valence-corrected chi connectivity index (χ2v) is 7.83. The molecule has 0 unspecified atom stereocenters. The molecule has 5 rings (SSSR count). The molecule has 0 saturated heterocycles. The van der Waals surface area contributed by atoms with Gasteiger partial charge in [-0.05, 0) is 41.1 Å². The summed E-state index contributed by atoms with van der Waals surface area (Å²) in [6.45, 7) is 0.749. The number of fused-ring (bicyclic) bond motifs is 2. The lowest BCUT2D eigenvalue weighted by molar-refractivity contribution is -0.132. The van der Waals surface area contributed by atoms with Crippen LogP contribution in [0.1, 0.15) is 27.7 Å². The summed E-state index contributed by atoms with van der Waals surface area (Å²) in [6, 6.07) is 18.4. The largest absolute Gasteiger partial charge is 0.331 e. The highest BCUT2D eigenvalue weighted by molar-refractivity contribution is 7.10. The molecule has 1 aliphatic heterocycles. The Hall–Kier alpha value is -2.92. The van der Waals surface area contributed by atoms with Crippen LogP contribution in [0.2, 0.25) is 0 Å². The predicted octanol–water partition coefficient (Wildman–Crippen LogP) is 4.11. The summed E-state index contributed by atoms with van der Waals surface area (Å²) in [5.41, 5.74) is 4.12. The van der Waals surface area contributed by atoms with E-state index >= 15 is 0 Å². The molecule has 1 aromatic carbocycles. The lowest BCUT2D eigenvalue weighted by Gasteiger charge is -2.36. The van der Waals surface area contributed by atoms with Crippen LogP contribution in [-0.2, 0) is 17.6 Å². The average Bonchev–Trinajstić information content (AvgIpc) is 3.33. The van der Waals surface area contributed by atoms with Crippen molar-refractivity contribution in [3.05, 3.63) is 94.1 Å². The fraction of sp³-hybridized carbons (Fsp3) is 0.182. The van der Waals surface area contributed by atoms with Crippen LogP contribution in [0, 0.1) is 0 Å². The van der Waals surface area contributed by atoms with Crippen LogP contribution >= 0.6 is 11.3 Å². The van der Waals surface area contributed by atoms with Gasteiger partial charge >= 0.3 is 0 Å². The summed E-state index contributed by atoms with van der Waals surface area (Å²) in [6.07, 6.45) is 5.16. The first-order valence-electron chi connectivity index (χ1n) is 9.13. The van der Waals surface area contributed by atoms with E-state index in [2.05, 4.69) is 28.6 Å². The van der Waals surface area contributed by atoms with Gasteiger partial charge < -0.3 is 9.30 Å². The topological polar surface area (TPSA) is 37.6 Å². The van der Waals surface area contributed by atoms with Crippen molar-refractivity contribution in [1.29, 1.82) is 0 Å². The zero-order valence-electron chi connectivity index (χ0n) is 14.8. The number of rotatable bonds is 3. The van der Waals surface area contributed by atoms with Crippen molar-refractivity contribution in [2.24, 2.45) is 0 Å². The van der Waals surface area contributed by atoms with Gasteiger partial charge in [0, 0.05) is 23.8 Å². The summed E-state index contributed by atoms with van der Waals surface area (Å²) in [4.78, 5) is 21.2. The molecule has 3 aromatic heterocycles. The third-order valence-corrected chi connectivity index (χ3v) is 6.14. The Morgan fingerprint density at radius 3 is 2.81 bits per heavy atom. The zero-order valence-corrected chi connectivity index (χ0v) is 15.6. The molecule has 0 bridgehead atoms. The van der Waals surface area contributed by atoms with E-state index in [0.29, 0.717) is 6.42 Å². The number of carbonyl (C=O) groups excluding carboxylic acids is 1. The van der Waals surface area contributed by atoms with Crippen molar-refractivity contribution < 1.29 is 4.79 Å². The van der Waals surface area contributed by atoms with Crippen molar-refractivity contribution in [1.82, 2.24) is 14.3 Å². The molecule has 4 heterocycles. The molecule has 1 amide bonds. The quantitative estimate of drug-likeness (QED) is 0.542. The highest BCUT2D eigenvalue weighted by atomic mass is 32.1. The van der Waals surface area contributed by atoms with Crippen molar-refractivity contribution >= 4 is 22.9 Å². The van der Waals surface area contributed by atoms with Gasteiger partial charge in [0.1, 0.15) is 5.65 Å². The fourth-order valence-electron chi connectivity index (χ4n) is 3.91. The minimum absolute atomic E-state index is 0.00858. The molecular formula is C22H19N3OS. The average molecular weight is 373 g/mol.